The van der Waals surface area contributed by atoms with E-state index in [9.17, 15) is 24.5 Å². The molecule has 9 nitrogen and oxygen atoms in total. The highest BCUT2D eigenvalue weighted by Gasteiger charge is 2.47. The Hall–Kier alpha value is -3.14. The molecule has 1 N–H and O–H groups in total. The molecule has 1 fully saturated rings. The van der Waals surface area contributed by atoms with E-state index in [0.29, 0.717) is 23.3 Å². The van der Waals surface area contributed by atoms with Crippen molar-refractivity contribution in [1.82, 2.24) is 10.2 Å². The van der Waals surface area contributed by atoms with Crippen molar-refractivity contribution < 1.29 is 24.0 Å². The topological polar surface area (TPSA) is 119 Å². The minimum Gasteiger partial charge on any atom is -0.456 e. The molecule has 0 saturated carbocycles. The summed E-state index contributed by atoms with van der Waals surface area (Å²) in [6.45, 7) is 1.32. The summed E-state index contributed by atoms with van der Waals surface area (Å²) < 4.78 is 5.32. The fourth-order valence-electron chi connectivity index (χ4n) is 2.91. The quantitative estimate of drug-likeness (QED) is 0.321. The van der Waals surface area contributed by atoms with Crippen LogP contribution in [0, 0.1) is 10.1 Å². The van der Waals surface area contributed by atoms with Gasteiger partial charge in [0.15, 0.2) is 0 Å². The first-order chi connectivity index (χ1) is 13.4. The highest BCUT2D eigenvalue weighted by Crippen LogP contribution is 2.43. The fourth-order valence-corrected chi connectivity index (χ4v) is 3.80. The molecule has 1 aromatic carbocycles. The van der Waals surface area contributed by atoms with Crippen LogP contribution >= 0.6 is 11.8 Å². The largest absolute Gasteiger partial charge is 0.456 e. The third-order valence-electron chi connectivity index (χ3n) is 4.25. The number of nitrogens with one attached hydrogen (secondary N) is 1. The van der Waals surface area contributed by atoms with Gasteiger partial charge >= 0.3 is 5.97 Å². The number of rotatable bonds is 7. The molecule has 0 bridgehead atoms. The zero-order valence-corrected chi connectivity index (χ0v) is 15.7. The first kappa shape index (κ1) is 19.6. The molecule has 3 rings (SSSR count). The molecule has 1 aromatic rings. The van der Waals surface area contributed by atoms with Crippen LogP contribution in [-0.2, 0) is 25.7 Å². The number of hydrogen-bond donors (Lipinski definition) is 1. The van der Waals surface area contributed by atoms with Crippen LogP contribution in [0.25, 0.3) is 0 Å². The van der Waals surface area contributed by atoms with E-state index in [2.05, 4.69) is 5.32 Å². The van der Waals surface area contributed by atoms with Gasteiger partial charge in [0.25, 0.3) is 5.69 Å². The molecule has 0 spiro atoms. The van der Waals surface area contributed by atoms with Gasteiger partial charge in [-0.25, -0.2) is 4.79 Å². The van der Waals surface area contributed by atoms with E-state index < -0.39 is 10.9 Å². The van der Waals surface area contributed by atoms with Crippen LogP contribution in [0.1, 0.15) is 25.3 Å². The number of hydrogen-bond acceptors (Lipinski definition) is 7. The predicted molar refractivity (Wildman–Crippen MR) is 100 cm³/mol. The van der Waals surface area contributed by atoms with E-state index >= 15 is 0 Å². The second kappa shape index (κ2) is 8.26. The third kappa shape index (κ3) is 4.22. The number of benzene rings is 1. The first-order valence-electron chi connectivity index (χ1n) is 8.41. The molecule has 0 radical (unpaired) electrons. The van der Waals surface area contributed by atoms with Crippen LogP contribution < -0.4 is 5.32 Å². The molecule has 1 unspecified atom stereocenters. The van der Waals surface area contributed by atoms with Gasteiger partial charge in [-0.15, -0.1) is 0 Å². The summed E-state index contributed by atoms with van der Waals surface area (Å²) in [6.07, 6.45) is 2.42. The molecule has 28 heavy (non-hydrogen) atoms. The van der Waals surface area contributed by atoms with Crippen LogP contribution in [0.4, 0.5) is 5.69 Å². The molecule has 1 saturated heterocycles. The molecule has 2 amide bonds. The smallest absolute Gasteiger partial charge is 0.356 e. The standard InChI is InChI=1S/C18H17N3O6S/c1-11(22)19-6-7-28-15-8-14-9-16(23)20(14)17(15)18(24)27-10-12-2-4-13(5-3-12)21(25)26/h2-7,14H,8-10H2,1H3,(H,19,22)/b7-6+. The maximum Gasteiger partial charge on any atom is 0.356 e. The van der Waals surface area contributed by atoms with Crippen molar-refractivity contribution in [3.8, 4) is 0 Å². The summed E-state index contributed by atoms with van der Waals surface area (Å²) in [5.41, 5.74) is 0.775. The summed E-state index contributed by atoms with van der Waals surface area (Å²) >= 11 is 1.25. The molecule has 2 aliphatic rings. The van der Waals surface area contributed by atoms with E-state index in [0.717, 1.165) is 0 Å². The Morgan fingerprint density at radius 3 is 2.68 bits per heavy atom. The molecule has 2 heterocycles. The van der Waals surface area contributed by atoms with Crippen LogP contribution in [0.15, 0.2) is 46.5 Å². The highest BCUT2D eigenvalue weighted by atomic mass is 32.2. The molecular formula is C18H17N3O6S. The van der Waals surface area contributed by atoms with E-state index in [1.54, 1.807) is 5.41 Å². The van der Waals surface area contributed by atoms with Crippen molar-refractivity contribution in [3.05, 3.63) is 62.2 Å². The zero-order chi connectivity index (χ0) is 20.3. The van der Waals surface area contributed by atoms with Gasteiger partial charge in [0, 0.05) is 43.0 Å². The van der Waals surface area contributed by atoms with Crippen molar-refractivity contribution in [1.29, 1.82) is 0 Å². The monoisotopic (exact) mass is 403 g/mol. The summed E-state index contributed by atoms with van der Waals surface area (Å²) in [6, 6.07) is 5.66. The number of amides is 2. The van der Waals surface area contributed by atoms with Crippen molar-refractivity contribution in [3.63, 3.8) is 0 Å². The average Bonchev–Trinajstić information content (AvgIpc) is 2.95. The first-order valence-corrected chi connectivity index (χ1v) is 9.29. The molecule has 2 aliphatic heterocycles. The van der Waals surface area contributed by atoms with Gasteiger partial charge in [-0.1, -0.05) is 11.8 Å². The van der Waals surface area contributed by atoms with Gasteiger partial charge in [0.1, 0.15) is 12.3 Å². The fraction of sp³-hybridized carbons (Fsp3) is 0.278. The normalized spacial score (nSPS) is 18.1. The predicted octanol–water partition coefficient (Wildman–Crippen LogP) is 2.19. The third-order valence-corrected chi connectivity index (χ3v) is 5.16. The number of esters is 1. The second-order valence-corrected chi connectivity index (χ2v) is 7.22. The number of β-lactam (4-membered cyclic amide) rings is 1. The summed E-state index contributed by atoms with van der Waals surface area (Å²) in [5.74, 6) is -0.961. The number of carbonyl (C=O) groups excluding carboxylic acids is 3. The Bertz CT molecular complexity index is 893. The van der Waals surface area contributed by atoms with Crippen molar-refractivity contribution >= 4 is 35.2 Å². The lowest BCUT2D eigenvalue weighted by Gasteiger charge is -2.35. The van der Waals surface area contributed by atoms with Crippen molar-refractivity contribution in [2.24, 2.45) is 0 Å². The number of ether oxygens (including phenoxy) is 1. The van der Waals surface area contributed by atoms with E-state index in [1.807, 2.05) is 0 Å². The van der Waals surface area contributed by atoms with E-state index in [-0.39, 0.29) is 35.8 Å². The van der Waals surface area contributed by atoms with Gasteiger partial charge in [-0.3, -0.25) is 19.7 Å². The minimum absolute atomic E-state index is 0.0360. The summed E-state index contributed by atoms with van der Waals surface area (Å²) in [4.78, 5) is 47.7. The second-order valence-electron chi connectivity index (χ2n) is 6.22. The number of carbonyl (C=O) groups is 3. The number of fused-ring (bicyclic) bond motifs is 1. The van der Waals surface area contributed by atoms with E-state index in [1.165, 1.54) is 54.1 Å². The Balaban J connectivity index is 1.67. The van der Waals surface area contributed by atoms with Crippen LogP contribution in [0.5, 0.6) is 0 Å². The summed E-state index contributed by atoms with van der Waals surface area (Å²) in [5, 5.41) is 14.8. The van der Waals surface area contributed by atoms with Gasteiger partial charge in [0.2, 0.25) is 11.8 Å². The SMILES string of the molecule is CC(=O)N/C=C/SC1=C(C(=O)OCc2ccc([N+](=O)[O-])cc2)N2C(=O)CC2C1. The zero-order valence-electron chi connectivity index (χ0n) is 14.9. The molecule has 1 atom stereocenters. The number of nitro benzene ring substituents is 1. The maximum atomic E-state index is 12.6. The molecular weight excluding hydrogens is 386 g/mol. The average molecular weight is 403 g/mol. The Morgan fingerprint density at radius 1 is 1.36 bits per heavy atom. The molecule has 10 heteroatoms. The van der Waals surface area contributed by atoms with Gasteiger partial charge in [0.05, 0.1) is 11.0 Å². The van der Waals surface area contributed by atoms with Gasteiger partial charge in [-0.05, 0) is 23.1 Å². The molecule has 0 aromatic heterocycles. The Morgan fingerprint density at radius 2 is 2.07 bits per heavy atom. The number of thioether (sulfide) groups is 1. The van der Waals surface area contributed by atoms with Crippen LogP contribution in [0.3, 0.4) is 0 Å². The lowest BCUT2D eigenvalue weighted by atomic mass is 10.0. The Labute approximate surface area is 164 Å². The van der Waals surface area contributed by atoms with Crippen LogP contribution in [-0.4, -0.2) is 33.6 Å². The van der Waals surface area contributed by atoms with Gasteiger partial charge in [-0.2, -0.15) is 0 Å². The molecule has 146 valence electrons. The highest BCUT2D eigenvalue weighted by molar-refractivity contribution is 8.05. The minimum atomic E-state index is -0.621. The van der Waals surface area contributed by atoms with Gasteiger partial charge < -0.3 is 15.0 Å². The number of nitro groups is 1. The number of nitrogens with zero attached hydrogens (tertiary/aromatic N) is 2. The van der Waals surface area contributed by atoms with E-state index in [4.69, 9.17) is 4.74 Å². The van der Waals surface area contributed by atoms with Crippen molar-refractivity contribution in [2.75, 3.05) is 0 Å². The number of non-ortho nitro benzene ring substituents is 1. The Kier molecular flexibility index (Phi) is 5.78. The maximum absolute atomic E-state index is 12.6. The molecule has 0 aliphatic carbocycles. The summed E-state index contributed by atoms with van der Waals surface area (Å²) in [7, 11) is 0. The lowest BCUT2D eigenvalue weighted by Crippen LogP contribution is -2.49. The van der Waals surface area contributed by atoms with Crippen LogP contribution in [0.2, 0.25) is 0 Å². The lowest BCUT2D eigenvalue weighted by molar-refractivity contribution is -0.384. The van der Waals surface area contributed by atoms with Crippen molar-refractivity contribution in [2.45, 2.75) is 32.4 Å².